The smallest absolute Gasteiger partial charge is 0.227 e. The second kappa shape index (κ2) is 7.01. The lowest BCUT2D eigenvalue weighted by molar-refractivity contribution is 0.0376. The van der Waals surface area contributed by atoms with Gasteiger partial charge in [0.15, 0.2) is 0 Å². The van der Waals surface area contributed by atoms with Crippen LogP contribution in [0.25, 0.3) is 0 Å². The van der Waals surface area contributed by atoms with E-state index >= 15 is 0 Å². The Morgan fingerprint density at radius 1 is 1.17 bits per heavy atom. The van der Waals surface area contributed by atoms with Crippen LogP contribution in [0.4, 0.5) is 11.8 Å². The van der Waals surface area contributed by atoms with Crippen LogP contribution in [0, 0.1) is 5.92 Å². The second-order valence-corrected chi connectivity index (χ2v) is 6.95. The van der Waals surface area contributed by atoms with Crippen LogP contribution in [0.3, 0.4) is 0 Å². The summed E-state index contributed by atoms with van der Waals surface area (Å²) < 4.78 is 0. The first-order chi connectivity index (χ1) is 11.1. The molecule has 1 saturated heterocycles. The summed E-state index contributed by atoms with van der Waals surface area (Å²) >= 11 is 0. The number of fused-ring (bicyclic) bond motifs is 1. The highest BCUT2D eigenvalue weighted by Gasteiger charge is 2.28. The molecule has 0 spiro atoms. The van der Waals surface area contributed by atoms with Crippen molar-refractivity contribution in [3.8, 4) is 0 Å². The molecule has 2 aliphatic rings. The molecule has 0 amide bonds. The Hall–Kier alpha value is -1.40. The maximum Gasteiger partial charge on any atom is 0.227 e. The summed E-state index contributed by atoms with van der Waals surface area (Å²) in [6, 6.07) is 0. The van der Waals surface area contributed by atoms with Gasteiger partial charge in [0.25, 0.3) is 0 Å². The van der Waals surface area contributed by atoms with Crippen molar-refractivity contribution >= 4 is 11.8 Å². The lowest BCUT2D eigenvalue weighted by Crippen LogP contribution is -2.40. The van der Waals surface area contributed by atoms with E-state index in [1.165, 1.54) is 24.1 Å². The van der Waals surface area contributed by atoms with E-state index in [1.807, 2.05) is 19.0 Å². The van der Waals surface area contributed by atoms with Crippen LogP contribution in [-0.2, 0) is 12.8 Å². The third kappa shape index (κ3) is 3.43. The third-order valence-electron chi connectivity index (χ3n) is 5.12. The van der Waals surface area contributed by atoms with Crippen LogP contribution >= 0.6 is 0 Å². The maximum atomic E-state index is 9.85. The Kier molecular flexibility index (Phi) is 5.02. The normalized spacial score (nSPS) is 20.3. The van der Waals surface area contributed by atoms with E-state index < -0.39 is 6.10 Å². The quantitative estimate of drug-likeness (QED) is 0.862. The van der Waals surface area contributed by atoms with E-state index in [-0.39, 0.29) is 12.5 Å². The van der Waals surface area contributed by atoms with Crippen LogP contribution in [0.15, 0.2) is 0 Å². The molecule has 1 aromatic rings. The molecule has 1 aliphatic carbocycles. The van der Waals surface area contributed by atoms with Gasteiger partial charge in [-0.2, -0.15) is 4.98 Å². The van der Waals surface area contributed by atoms with Crippen molar-refractivity contribution in [2.75, 3.05) is 43.6 Å². The van der Waals surface area contributed by atoms with Crippen LogP contribution in [0.1, 0.15) is 36.9 Å². The average Bonchev–Trinajstić information content (AvgIpc) is 2.60. The Morgan fingerprint density at radius 3 is 2.52 bits per heavy atom. The van der Waals surface area contributed by atoms with Gasteiger partial charge in [0.2, 0.25) is 5.95 Å². The molecule has 1 unspecified atom stereocenters. The summed E-state index contributed by atoms with van der Waals surface area (Å²) in [5.41, 5.74) is 2.53. The summed E-state index contributed by atoms with van der Waals surface area (Å²) in [5, 5.41) is 19.0. The highest BCUT2D eigenvalue weighted by Crippen LogP contribution is 2.32. The molecule has 1 aliphatic heterocycles. The van der Waals surface area contributed by atoms with Crippen LogP contribution in [0.5, 0.6) is 0 Å². The van der Waals surface area contributed by atoms with E-state index in [9.17, 15) is 5.11 Å². The van der Waals surface area contributed by atoms with Gasteiger partial charge in [-0.1, -0.05) is 0 Å². The number of rotatable bonds is 4. The van der Waals surface area contributed by atoms with Gasteiger partial charge in [0.1, 0.15) is 5.82 Å². The zero-order chi connectivity index (χ0) is 16.4. The highest BCUT2D eigenvalue weighted by molar-refractivity contribution is 5.54. The van der Waals surface area contributed by atoms with E-state index in [4.69, 9.17) is 15.1 Å². The molecule has 2 heterocycles. The molecule has 0 radical (unpaired) electrons. The molecule has 23 heavy (non-hydrogen) atoms. The summed E-state index contributed by atoms with van der Waals surface area (Å²) in [7, 11) is 3.97. The van der Waals surface area contributed by atoms with Gasteiger partial charge in [-0.15, -0.1) is 0 Å². The summed E-state index contributed by atoms with van der Waals surface area (Å²) in [6.07, 6.45) is 5.75. The van der Waals surface area contributed by atoms with Crippen molar-refractivity contribution in [3.63, 3.8) is 0 Å². The minimum absolute atomic E-state index is 0.141. The van der Waals surface area contributed by atoms with Crippen LogP contribution in [-0.4, -0.2) is 60.1 Å². The first-order valence-corrected chi connectivity index (χ1v) is 8.71. The molecule has 1 fully saturated rings. The van der Waals surface area contributed by atoms with Crippen LogP contribution in [0.2, 0.25) is 0 Å². The van der Waals surface area contributed by atoms with Crippen molar-refractivity contribution in [2.24, 2.45) is 5.92 Å². The molecule has 2 N–H and O–H groups in total. The first kappa shape index (κ1) is 16.5. The Labute approximate surface area is 138 Å². The van der Waals surface area contributed by atoms with Gasteiger partial charge in [0.05, 0.1) is 18.4 Å². The lowest BCUT2D eigenvalue weighted by Gasteiger charge is -2.36. The number of nitrogens with zero attached hydrogens (tertiary/aromatic N) is 4. The van der Waals surface area contributed by atoms with E-state index in [0.717, 1.165) is 50.5 Å². The largest absolute Gasteiger partial charge is 0.394 e. The molecule has 128 valence electrons. The number of aliphatic hydroxyl groups excluding tert-OH is 2. The number of piperidine rings is 1. The average molecular weight is 320 g/mol. The Balaban J connectivity index is 1.83. The van der Waals surface area contributed by atoms with Gasteiger partial charge >= 0.3 is 0 Å². The molecule has 1 aromatic heterocycles. The SMILES string of the molecule is CN(C)c1nc2c(c(N3CCC(C(O)CO)CC3)n1)CCCC2. The Bertz CT molecular complexity index is 542. The number of aryl methyl sites for hydroxylation is 1. The number of anilines is 2. The number of hydrogen-bond acceptors (Lipinski definition) is 6. The van der Waals surface area contributed by atoms with Gasteiger partial charge < -0.3 is 20.0 Å². The zero-order valence-electron chi connectivity index (χ0n) is 14.2. The topological polar surface area (TPSA) is 72.7 Å². The highest BCUT2D eigenvalue weighted by atomic mass is 16.3. The molecule has 3 rings (SSSR count). The second-order valence-electron chi connectivity index (χ2n) is 6.95. The fourth-order valence-electron chi connectivity index (χ4n) is 3.67. The van der Waals surface area contributed by atoms with Crippen molar-refractivity contribution in [3.05, 3.63) is 11.3 Å². The maximum absolute atomic E-state index is 9.85. The van der Waals surface area contributed by atoms with Gasteiger partial charge in [-0.25, -0.2) is 4.98 Å². The van der Waals surface area contributed by atoms with Gasteiger partial charge in [0, 0.05) is 32.7 Å². The molecular formula is C17H28N4O2. The summed E-state index contributed by atoms with van der Waals surface area (Å²) in [6.45, 7) is 1.63. The predicted molar refractivity (Wildman–Crippen MR) is 91.0 cm³/mol. The van der Waals surface area contributed by atoms with Crippen molar-refractivity contribution in [2.45, 2.75) is 44.6 Å². The van der Waals surface area contributed by atoms with Crippen molar-refractivity contribution in [1.29, 1.82) is 0 Å². The molecule has 0 bridgehead atoms. The zero-order valence-corrected chi connectivity index (χ0v) is 14.2. The predicted octanol–water partition coefficient (Wildman–Crippen LogP) is 0.991. The van der Waals surface area contributed by atoms with E-state index in [1.54, 1.807) is 0 Å². The number of hydrogen-bond donors (Lipinski definition) is 2. The minimum Gasteiger partial charge on any atom is -0.394 e. The minimum atomic E-state index is -0.589. The fourth-order valence-corrected chi connectivity index (χ4v) is 3.67. The molecule has 0 saturated carbocycles. The monoisotopic (exact) mass is 320 g/mol. The van der Waals surface area contributed by atoms with Crippen molar-refractivity contribution in [1.82, 2.24) is 9.97 Å². The molecule has 6 nitrogen and oxygen atoms in total. The third-order valence-corrected chi connectivity index (χ3v) is 5.12. The standard InChI is InChI=1S/C17H28N4O2/c1-20(2)17-18-14-6-4-3-5-13(14)16(19-17)21-9-7-12(8-10-21)15(23)11-22/h12,15,22-23H,3-11H2,1-2H3. The van der Waals surface area contributed by atoms with E-state index in [2.05, 4.69) is 4.90 Å². The Morgan fingerprint density at radius 2 is 1.87 bits per heavy atom. The lowest BCUT2D eigenvalue weighted by atomic mass is 9.90. The fraction of sp³-hybridized carbons (Fsp3) is 0.765. The van der Waals surface area contributed by atoms with Crippen molar-refractivity contribution < 1.29 is 10.2 Å². The summed E-state index contributed by atoms with van der Waals surface area (Å²) in [4.78, 5) is 13.9. The van der Waals surface area contributed by atoms with Gasteiger partial charge in [-0.3, -0.25) is 0 Å². The molecular weight excluding hydrogens is 292 g/mol. The first-order valence-electron chi connectivity index (χ1n) is 8.71. The van der Waals surface area contributed by atoms with Crippen LogP contribution < -0.4 is 9.80 Å². The molecule has 1 atom stereocenters. The van der Waals surface area contributed by atoms with E-state index in [0.29, 0.717) is 0 Å². The summed E-state index contributed by atoms with van der Waals surface area (Å²) in [5.74, 6) is 2.08. The molecule has 6 heteroatoms. The van der Waals surface area contributed by atoms with Gasteiger partial charge in [-0.05, 0) is 44.4 Å². The number of aliphatic hydroxyl groups is 2. The number of aromatic nitrogens is 2. The molecule has 0 aromatic carbocycles.